The zero-order valence-corrected chi connectivity index (χ0v) is 28.8. The number of aromatic nitrogens is 2. The molecular formula is C36H34F7N5O7. The summed E-state index contributed by atoms with van der Waals surface area (Å²) in [5.41, 5.74) is -2.07. The zero-order valence-electron chi connectivity index (χ0n) is 28.8. The molecule has 1 aliphatic heterocycles. The molecule has 4 unspecified atom stereocenters. The van der Waals surface area contributed by atoms with Crippen LogP contribution >= 0.6 is 0 Å². The second-order valence-electron chi connectivity index (χ2n) is 13.5. The molecular weight excluding hydrogens is 747 g/mol. The molecule has 0 spiro atoms. The fraction of sp³-hybridized carbons (Fsp3) is 0.417. The molecule has 2 heterocycles. The quantitative estimate of drug-likeness (QED) is 0.153. The van der Waals surface area contributed by atoms with Gasteiger partial charge in [0.1, 0.15) is 11.6 Å². The van der Waals surface area contributed by atoms with Gasteiger partial charge in [0.05, 0.1) is 36.0 Å². The lowest BCUT2D eigenvalue weighted by Crippen LogP contribution is -2.48. The normalized spacial score (nSPS) is 22.7. The number of aliphatic carboxylic acids is 1. The van der Waals surface area contributed by atoms with Crippen molar-refractivity contribution in [2.45, 2.75) is 50.1 Å². The summed E-state index contributed by atoms with van der Waals surface area (Å²) in [6, 6.07) is 3.23. The zero-order chi connectivity index (χ0) is 39.8. The Hall–Kier alpha value is -5.46. The summed E-state index contributed by atoms with van der Waals surface area (Å²) in [6.07, 6.45) is -6.09. The highest BCUT2D eigenvalue weighted by Gasteiger charge is 2.56. The molecule has 3 aliphatic rings. The van der Waals surface area contributed by atoms with Crippen LogP contribution in [0.2, 0.25) is 0 Å². The number of rotatable bonds is 10. The first kappa shape index (κ1) is 39.2. The lowest BCUT2D eigenvalue weighted by Gasteiger charge is -2.30. The van der Waals surface area contributed by atoms with Crippen LogP contribution in [-0.4, -0.2) is 71.1 Å². The fourth-order valence-corrected chi connectivity index (χ4v) is 7.61. The van der Waals surface area contributed by atoms with Crippen LogP contribution in [0.3, 0.4) is 0 Å². The van der Waals surface area contributed by atoms with Crippen molar-refractivity contribution in [2.75, 3.05) is 25.6 Å². The van der Waals surface area contributed by atoms with Crippen molar-refractivity contribution in [1.29, 1.82) is 0 Å². The van der Waals surface area contributed by atoms with Crippen molar-refractivity contribution in [2.24, 2.45) is 23.7 Å². The van der Waals surface area contributed by atoms with E-state index in [1.807, 2.05) is 0 Å². The Balaban J connectivity index is 1.27. The van der Waals surface area contributed by atoms with E-state index in [2.05, 4.69) is 21.0 Å². The number of nitrogens with one attached hydrogen (secondary N) is 3. The van der Waals surface area contributed by atoms with Crippen LogP contribution in [0.4, 0.5) is 36.4 Å². The second-order valence-corrected chi connectivity index (χ2v) is 13.5. The molecule has 19 heteroatoms. The number of methoxy groups -OCH3 is 1. The van der Waals surface area contributed by atoms with E-state index < -0.39 is 88.9 Å². The number of fused-ring (bicyclic) bond motifs is 2. The first-order valence-electron chi connectivity index (χ1n) is 17.1. The molecule has 5 atom stereocenters. The molecule has 3 fully saturated rings. The number of hydrogen-bond acceptors (Lipinski definition) is 7. The third-order valence-electron chi connectivity index (χ3n) is 10.1. The van der Waals surface area contributed by atoms with E-state index in [1.165, 1.54) is 42.4 Å². The molecule has 1 saturated heterocycles. The molecule has 1 aromatic heterocycles. The smallest absolute Gasteiger partial charge is 0.419 e. The number of amides is 3. The topological polar surface area (TPSA) is 161 Å². The number of nitrogens with zero attached hydrogens (tertiary/aromatic N) is 2. The van der Waals surface area contributed by atoms with Gasteiger partial charge in [-0.2, -0.15) is 31.4 Å². The molecule has 2 aliphatic carbocycles. The largest absolute Gasteiger partial charge is 0.496 e. The summed E-state index contributed by atoms with van der Waals surface area (Å²) >= 11 is 0. The monoisotopic (exact) mass is 781 g/mol. The first-order valence-corrected chi connectivity index (χ1v) is 17.1. The number of carbonyl (C=O) groups is 4. The van der Waals surface area contributed by atoms with Gasteiger partial charge in [-0.05, 0) is 68.0 Å². The maximum Gasteiger partial charge on any atom is 0.419 e. The molecule has 2 saturated carbocycles. The van der Waals surface area contributed by atoms with Crippen LogP contribution < -0.4 is 20.7 Å². The van der Waals surface area contributed by atoms with Crippen LogP contribution in [0.1, 0.15) is 53.2 Å². The predicted molar refractivity (Wildman–Crippen MR) is 177 cm³/mol. The standard InChI is InChI=1S/C36H34F7N5O7/c1-54-27-7-3-20(48-16-18(15-44-48)29(34(52)53)46-31(49)17-8-10-55-11-9-17)13-23(27)32(50)47-30-22-5-4-21(24(22)14-35(38,39)40)28(30)33(51)45-19-2-6-26(37)25(12-19)36(41,42)43/h2-3,6-7,12-17,21-22,28-30H,4-5,8-11H2,1H3,(H,45,51)(H,46,49)(H,47,50)(H,52,53)/b24-14-/t21?,22?,28-,29?,30?/m0/s1. The molecule has 294 valence electrons. The Morgan fingerprint density at radius 2 is 1.69 bits per heavy atom. The Morgan fingerprint density at radius 3 is 2.35 bits per heavy atom. The van der Waals surface area contributed by atoms with Gasteiger partial charge < -0.3 is 30.5 Å². The minimum absolute atomic E-state index is 0.0157. The predicted octanol–water partition coefficient (Wildman–Crippen LogP) is 5.59. The maximum absolute atomic E-state index is 13.9. The molecule has 3 aromatic rings. The number of ether oxygens (including phenoxy) is 2. The van der Waals surface area contributed by atoms with E-state index in [-0.39, 0.29) is 47.1 Å². The van der Waals surface area contributed by atoms with E-state index in [0.717, 1.165) is 6.07 Å². The second kappa shape index (κ2) is 15.3. The minimum atomic E-state index is -5.10. The van der Waals surface area contributed by atoms with Crippen LogP contribution in [0, 0.1) is 29.5 Å². The number of carboxylic acid groups (broad SMARTS) is 1. The molecule has 4 N–H and O–H groups in total. The summed E-state index contributed by atoms with van der Waals surface area (Å²) < 4.78 is 107. The number of benzene rings is 2. The molecule has 6 rings (SSSR count). The van der Waals surface area contributed by atoms with Crippen molar-refractivity contribution >= 4 is 29.4 Å². The summed E-state index contributed by atoms with van der Waals surface area (Å²) in [4.78, 5) is 52.5. The Bertz CT molecular complexity index is 2010. The number of carboxylic acids is 1. The average molecular weight is 782 g/mol. The number of halogens is 7. The van der Waals surface area contributed by atoms with Gasteiger partial charge in [0.15, 0.2) is 6.04 Å². The highest BCUT2D eigenvalue weighted by atomic mass is 19.4. The van der Waals surface area contributed by atoms with E-state index in [0.29, 0.717) is 38.2 Å². The van der Waals surface area contributed by atoms with Crippen molar-refractivity contribution in [3.8, 4) is 11.4 Å². The third kappa shape index (κ3) is 8.45. The van der Waals surface area contributed by atoms with Gasteiger partial charge in [0.2, 0.25) is 11.8 Å². The number of anilines is 1. The Morgan fingerprint density at radius 1 is 0.982 bits per heavy atom. The van der Waals surface area contributed by atoms with E-state index in [4.69, 9.17) is 9.47 Å². The van der Waals surface area contributed by atoms with Crippen molar-refractivity contribution < 1.29 is 64.5 Å². The van der Waals surface area contributed by atoms with Gasteiger partial charge in [-0.3, -0.25) is 14.4 Å². The number of hydrogen-bond donors (Lipinski definition) is 4. The van der Waals surface area contributed by atoms with Gasteiger partial charge in [-0.25, -0.2) is 13.9 Å². The van der Waals surface area contributed by atoms with Crippen molar-refractivity contribution in [1.82, 2.24) is 20.4 Å². The minimum Gasteiger partial charge on any atom is -0.496 e. The van der Waals surface area contributed by atoms with E-state index >= 15 is 0 Å². The first-order chi connectivity index (χ1) is 25.9. The van der Waals surface area contributed by atoms with E-state index in [1.54, 1.807) is 0 Å². The van der Waals surface area contributed by atoms with Crippen LogP contribution in [0.15, 0.2) is 60.4 Å². The van der Waals surface area contributed by atoms with Gasteiger partial charge in [-0.15, -0.1) is 0 Å². The lowest BCUT2D eigenvalue weighted by atomic mass is 9.83. The average Bonchev–Trinajstić information content (AvgIpc) is 3.84. The maximum atomic E-state index is 13.9. The highest BCUT2D eigenvalue weighted by molar-refractivity contribution is 5.99. The number of alkyl halides is 6. The molecule has 12 nitrogen and oxygen atoms in total. The van der Waals surface area contributed by atoms with Crippen molar-refractivity contribution in [3.05, 3.63) is 82.9 Å². The van der Waals surface area contributed by atoms with Gasteiger partial charge in [0, 0.05) is 54.6 Å². The van der Waals surface area contributed by atoms with Gasteiger partial charge >= 0.3 is 18.3 Å². The van der Waals surface area contributed by atoms with Crippen LogP contribution in [-0.2, 0) is 25.3 Å². The SMILES string of the molecule is COc1ccc(-n2cc(C(NC(=O)C3CCOCC3)C(=O)O)cn2)cc1C(=O)NC1C2CCC(/C2=C/C(F)(F)F)[C@@H]1C(=O)Nc1ccc(F)c(C(F)(F)F)c1. The fourth-order valence-electron chi connectivity index (χ4n) is 7.61. The molecule has 0 radical (unpaired) electrons. The summed E-state index contributed by atoms with van der Waals surface area (Å²) in [7, 11) is 1.26. The van der Waals surface area contributed by atoms with Crippen LogP contribution in [0.5, 0.6) is 5.75 Å². The summed E-state index contributed by atoms with van der Waals surface area (Å²) in [6.45, 7) is 0.731. The third-order valence-corrected chi connectivity index (χ3v) is 10.1. The highest BCUT2D eigenvalue weighted by Crippen LogP contribution is 2.54. The number of carbonyl (C=O) groups excluding carboxylic acids is 3. The Labute approximate surface area is 308 Å². The Kier molecular flexibility index (Phi) is 11.0. The summed E-state index contributed by atoms with van der Waals surface area (Å²) in [5.74, 6) is -9.01. The van der Waals surface area contributed by atoms with Gasteiger partial charge in [-0.1, -0.05) is 5.57 Å². The van der Waals surface area contributed by atoms with Crippen LogP contribution in [0.25, 0.3) is 5.69 Å². The van der Waals surface area contributed by atoms with Crippen molar-refractivity contribution in [3.63, 3.8) is 0 Å². The number of allylic oxidation sites excluding steroid dienone is 1. The molecule has 2 aromatic carbocycles. The molecule has 3 amide bonds. The van der Waals surface area contributed by atoms with Gasteiger partial charge in [0.25, 0.3) is 5.91 Å². The molecule has 55 heavy (non-hydrogen) atoms. The van der Waals surface area contributed by atoms with E-state index in [9.17, 15) is 55.0 Å². The molecule has 2 bridgehead atoms. The summed E-state index contributed by atoms with van der Waals surface area (Å²) in [5, 5.41) is 21.5. The lowest BCUT2D eigenvalue weighted by molar-refractivity contribution is -0.143.